The molecule has 2 N–H and O–H groups in total. The lowest BCUT2D eigenvalue weighted by Crippen LogP contribution is -2.44. The van der Waals surface area contributed by atoms with Crippen molar-refractivity contribution in [2.24, 2.45) is 0 Å². The minimum absolute atomic E-state index is 0.0661. The molecule has 1 rings (SSSR count). The fourth-order valence-electron chi connectivity index (χ4n) is 1.51. The molecule has 0 unspecified atom stereocenters. The minimum atomic E-state index is -4.42. The first-order chi connectivity index (χ1) is 7.52. The van der Waals surface area contributed by atoms with Crippen LogP contribution in [0.3, 0.4) is 0 Å². The Balaban J connectivity index is 2.11. The second-order valence-corrected chi connectivity index (χ2v) is 5.38. The van der Waals surface area contributed by atoms with Crippen molar-refractivity contribution in [1.82, 2.24) is 14.9 Å². The summed E-state index contributed by atoms with van der Waals surface area (Å²) in [6.45, 7) is 4.47. The van der Waals surface area contributed by atoms with Gasteiger partial charge in [0.05, 0.1) is 0 Å². The zero-order chi connectivity index (χ0) is 12.0. The van der Waals surface area contributed by atoms with Gasteiger partial charge in [-0.1, -0.05) is 0 Å². The van der Waals surface area contributed by atoms with Crippen LogP contribution in [0, 0.1) is 0 Å². The molecule has 0 aliphatic carbocycles. The molecule has 0 spiro atoms. The van der Waals surface area contributed by atoms with E-state index in [4.69, 9.17) is 0 Å². The van der Waals surface area contributed by atoms with Crippen LogP contribution in [0.2, 0.25) is 0 Å². The second-order valence-electron chi connectivity index (χ2n) is 3.65. The summed E-state index contributed by atoms with van der Waals surface area (Å²) in [6, 6.07) is 0. The first-order valence-electron chi connectivity index (χ1n) is 5.22. The Morgan fingerprint density at radius 1 is 1.31 bits per heavy atom. The molecule has 1 heterocycles. The predicted molar refractivity (Wildman–Crippen MR) is 56.9 cm³/mol. The Kier molecular flexibility index (Phi) is 5.53. The molecule has 0 saturated carbocycles. The molecule has 5 nitrogen and oxygen atoms in total. The van der Waals surface area contributed by atoms with Crippen LogP contribution in [-0.2, 0) is 10.0 Å². The maximum Gasteiger partial charge on any atom is 0.350 e. The van der Waals surface area contributed by atoms with Crippen molar-refractivity contribution < 1.29 is 17.2 Å². The molecule has 0 radical (unpaired) electrons. The van der Waals surface area contributed by atoms with E-state index in [1.54, 1.807) is 0 Å². The van der Waals surface area contributed by atoms with Gasteiger partial charge in [-0.25, -0.2) is 13.1 Å². The normalized spacial score (nSPS) is 19.2. The Morgan fingerprint density at radius 2 is 1.94 bits per heavy atom. The van der Waals surface area contributed by atoms with Crippen LogP contribution in [0.1, 0.15) is 6.42 Å². The molecule has 0 amide bonds. The number of sulfonamides is 1. The number of hydrogen-bond donors (Lipinski definition) is 2. The SMILES string of the molecule is O=S(=O)(NCCCN1CCNCC1)C(F)F. The van der Waals surface area contributed by atoms with Gasteiger partial charge in [0.1, 0.15) is 0 Å². The van der Waals surface area contributed by atoms with Gasteiger partial charge in [-0.15, -0.1) is 0 Å². The molecule has 0 aromatic heterocycles. The third-order valence-electron chi connectivity index (χ3n) is 2.40. The second kappa shape index (κ2) is 6.43. The zero-order valence-electron chi connectivity index (χ0n) is 8.95. The topological polar surface area (TPSA) is 61.4 Å². The molecule has 0 aromatic carbocycles. The number of alkyl halides is 2. The molecule has 0 atom stereocenters. The van der Waals surface area contributed by atoms with Crippen molar-refractivity contribution in [1.29, 1.82) is 0 Å². The van der Waals surface area contributed by atoms with E-state index in [9.17, 15) is 17.2 Å². The molecule has 1 aliphatic rings. The fraction of sp³-hybridized carbons (Fsp3) is 1.00. The largest absolute Gasteiger partial charge is 0.350 e. The van der Waals surface area contributed by atoms with E-state index in [1.165, 1.54) is 0 Å². The molecule has 1 aliphatic heterocycles. The maximum atomic E-state index is 11.9. The molecule has 1 fully saturated rings. The van der Waals surface area contributed by atoms with E-state index in [0.717, 1.165) is 32.7 Å². The highest BCUT2D eigenvalue weighted by molar-refractivity contribution is 7.89. The Hall–Kier alpha value is -0.310. The van der Waals surface area contributed by atoms with Crippen LogP contribution in [0.15, 0.2) is 0 Å². The molecule has 16 heavy (non-hydrogen) atoms. The van der Waals surface area contributed by atoms with Gasteiger partial charge in [-0.3, -0.25) is 0 Å². The first-order valence-corrected chi connectivity index (χ1v) is 6.77. The zero-order valence-corrected chi connectivity index (χ0v) is 9.77. The third kappa shape index (κ3) is 4.69. The van der Waals surface area contributed by atoms with Gasteiger partial charge in [0.2, 0.25) is 0 Å². The van der Waals surface area contributed by atoms with Crippen LogP contribution < -0.4 is 10.0 Å². The van der Waals surface area contributed by atoms with Gasteiger partial charge in [0.25, 0.3) is 10.0 Å². The maximum absolute atomic E-state index is 11.9. The molecule has 8 heteroatoms. The first kappa shape index (κ1) is 13.8. The van der Waals surface area contributed by atoms with Crippen molar-refractivity contribution >= 4 is 10.0 Å². The lowest BCUT2D eigenvalue weighted by Gasteiger charge is -2.26. The van der Waals surface area contributed by atoms with E-state index >= 15 is 0 Å². The molecular formula is C8H17F2N3O2S. The molecular weight excluding hydrogens is 240 g/mol. The number of nitrogens with zero attached hydrogens (tertiary/aromatic N) is 1. The highest BCUT2D eigenvalue weighted by Gasteiger charge is 2.22. The molecule has 0 aromatic rings. The van der Waals surface area contributed by atoms with Crippen molar-refractivity contribution in [3.8, 4) is 0 Å². The Bertz CT molecular complexity index is 292. The number of piperazine rings is 1. The van der Waals surface area contributed by atoms with Crippen LogP contribution in [-0.4, -0.2) is 58.3 Å². The highest BCUT2D eigenvalue weighted by Crippen LogP contribution is 2.01. The lowest BCUT2D eigenvalue weighted by atomic mass is 10.3. The molecule has 96 valence electrons. The average molecular weight is 257 g/mol. The fourth-order valence-corrected chi connectivity index (χ4v) is 2.07. The standard InChI is InChI=1S/C8H17F2N3O2S/c9-8(10)16(14,15)12-2-1-5-13-6-3-11-4-7-13/h8,11-12H,1-7H2. The predicted octanol–water partition coefficient (Wildman–Crippen LogP) is -0.576. The highest BCUT2D eigenvalue weighted by atomic mass is 32.2. The summed E-state index contributed by atoms with van der Waals surface area (Å²) in [5.41, 5.74) is 0. The Labute approximate surface area is 94.2 Å². The van der Waals surface area contributed by atoms with E-state index in [0.29, 0.717) is 6.42 Å². The lowest BCUT2D eigenvalue weighted by molar-refractivity contribution is 0.229. The number of rotatable bonds is 6. The van der Waals surface area contributed by atoms with E-state index in [2.05, 4.69) is 10.2 Å². The van der Waals surface area contributed by atoms with Crippen molar-refractivity contribution in [3.63, 3.8) is 0 Å². The van der Waals surface area contributed by atoms with Gasteiger partial charge in [-0.2, -0.15) is 8.78 Å². The van der Waals surface area contributed by atoms with Gasteiger partial charge in [0, 0.05) is 32.7 Å². The minimum Gasteiger partial charge on any atom is -0.314 e. The average Bonchev–Trinajstić information content (AvgIpc) is 2.26. The van der Waals surface area contributed by atoms with Crippen molar-refractivity contribution in [2.45, 2.75) is 12.2 Å². The summed E-state index contributed by atoms with van der Waals surface area (Å²) in [4.78, 5) is 2.17. The summed E-state index contributed by atoms with van der Waals surface area (Å²) in [6.07, 6.45) is 0.548. The molecule has 0 bridgehead atoms. The smallest absolute Gasteiger partial charge is 0.314 e. The number of nitrogens with one attached hydrogen (secondary N) is 2. The summed E-state index contributed by atoms with van der Waals surface area (Å²) in [5, 5.41) is 3.19. The van der Waals surface area contributed by atoms with Gasteiger partial charge in [0.15, 0.2) is 0 Å². The van der Waals surface area contributed by atoms with Crippen molar-refractivity contribution in [2.75, 3.05) is 39.3 Å². The van der Waals surface area contributed by atoms with Gasteiger partial charge in [-0.05, 0) is 13.0 Å². The Morgan fingerprint density at radius 3 is 2.50 bits per heavy atom. The summed E-state index contributed by atoms with van der Waals surface area (Å²) < 4.78 is 47.1. The summed E-state index contributed by atoms with van der Waals surface area (Å²) >= 11 is 0. The summed E-state index contributed by atoms with van der Waals surface area (Å²) in [5.74, 6) is -3.34. The number of hydrogen-bond acceptors (Lipinski definition) is 4. The van der Waals surface area contributed by atoms with Crippen LogP contribution in [0.5, 0.6) is 0 Å². The molecule has 1 saturated heterocycles. The van der Waals surface area contributed by atoms with E-state index in [1.807, 2.05) is 4.72 Å². The van der Waals surface area contributed by atoms with Gasteiger partial charge >= 0.3 is 5.76 Å². The van der Waals surface area contributed by atoms with E-state index < -0.39 is 15.8 Å². The number of halogens is 2. The van der Waals surface area contributed by atoms with Crippen LogP contribution in [0.25, 0.3) is 0 Å². The monoisotopic (exact) mass is 257 g/mol. The van der Waals surface area contributed by atoms with Gasteiger partial charge < -0.3 is 10.2 Å². The third-order valence-corrected chi connectivity index (χ3v) is 3.47. The van der Waals surface area contributed by atoms with E-state index in [-0.39, 0.29) is 6.54 Å². The van der Waals surface area contributed by atoms with Crippen LogP contribution in [0.4, 0.5) is 8.78 Å². The quantitative estimate of drug-likeness (QED) is 0.625. The summed E-state index contributed by atoms with van der Waals surface area (Å²) in [7, 11) is -4.42. The van der Waals surface area contributed by atoms with Crippen molar-refractivity contribution in [3.05, 3.63) is 0 Å². The van der Waals surface area contributed by atoms with Crippen LogP contribution >= 0.6 is 0 Å².